The van der Waals surface area contributed by atoms with Gasteiger partial charge in [0.2, 0.25) is 5.91 Å². The van der Waals surface area contributed by atoms with E-state index in [-0.39, 0.29) is 24.4 Å². The maximum atomic E-state index is 12.5. The molecule has 1 amide bonds. The number of hydrogen-bond acceptors (Lipinski definition) is 3. The summed E-state index contributed by atoms with van der Waals surface area (Å²) in [6.07, 6.45) is 5.99. The van der Waals surface area contributed by atoms with Crippen molar-refractivity contribution >= 4 is 18.3 Å². The predicted octanol–water partition coefficient (Wildman–Crippen LogP) is 3.14. The molecule has 4 nitrogen and oxygen atoms in total. The normalized spacial score (nSPS) is 17.3. The molecule has 1 aromatic carbocycles. The Kier molecular flexibility index (Phi) is 9.92. The van der Waals surface area contributed by atoms with Crippen molar-refractivity contribution in [1.82, 2.24) is 4.90 Å². The second kappa shape index (κ2) is 11.4. The highest BCUT2D eigenvalue weighted by molar-refractivity contribution is 5.85. The number of carbonyl (C=O) groups excluding carboxylic acids is 1. The smallest absolute Gasteiger partial charge is 0.222 e. The summed E-state index contributed by atoms with van der Waals surface area (Å²) in [7, 11) is 0. The Morgan fingerprint density at radius 1 is 1.26 bits per heavy atom. The van der Waals surface area contributed by atoms with Crippen LogP contribution in [0.3, 0.4) is 0 Å². The molecule has 0 saturated carbocycles. The molecule has 1 atom stereocenters. The Morgan fingerprint density at radius 2 is 2.04 bits per heavy atom. The molecule has 1 aliphatic rings. The Hall–Kier alpha value is -1.10. The van der Waals surface area contributed by atoms with Crippen LogP contribution in [0.4, 0.5) is 0 Å². The van der Waals surface area contributed by atoms with E-state index in [4.69, 9.17) is 10.5 Å². The van der Waals surface area contributed by atoms with Gasteiger partial charge in [0.1, 0.15) is 0 Å². The van der Waals surface area contributed by atoms with E-state index in [1.165, 1.54) is 12.0 Å². The molecular weight excluding hydrogens is 312 g/mol. The maximum absolute atomic E-state index is 12.5. The van der Waals surface area contributed by atoms with Gasteiger partial charge in [-0.25, -0.2) is 0 Å². The number of nitrogens with two attached hydrogens (primary N) is 1. The summed E-state index contributed by atoms with van der Waals surface area (Å²) in [5, 5.41) is 0. The fourth-order valence-electron chi connectivity index (χ4n) is 2.86. The Balaban J connectivity index is 0.00000264. The first-order chi connectivity index (χ1) is 10.8. The summed E-state index contributed by atoms with van der Waals surface area (Å²) in [6.45, 7) is 2.87. The second-order valence-electron chi connectivity index (χ2n) is 5.97. The van der Waals surface area contributed by atoms with E-state index in [1.54, 1.807) is 0 Å². The van der Waals surface area contributed by atoms with Gasteiger partial charge in [0.15, 0.2) is 0 Å². The van der Waals surface area contributed by atoms with Crippen LogP contribution in [-0.2, 0) is 16.1 Å². The Labute approximate surface area is 145 Å². The van der Waals surface area contributed by atoms with Gasteiger partial charge in [-0.1, -0.05) is 30.3 Å². The zero-order chi connectivity index (χ0) is 15.6. The molecule has 1 fully saturated rings. The van der Waals surface area contributed by atoms with Crippen LogP contribution >= 0.6 is 12.4 Å². The third-order valence-corrected chi connectivity index (χ3v) is 4.16. The fraction of sp³-hybridized carbons (Fsp3) is 0.611. The van der Waals surface area contributed by atoms with Gasteiger partial charge in [0.25, 0.3) is 0 Å². The maximum Gasteiger partial charge on any atom is 0.222 e. The van der Waals surface area contributed by atoms with Crippen molar-refractivity contribution in [2.45, 2.75) is 51.2 Å². The summed E-state index contributed by atoms with van der Waals surface area (Å²) < 4.78 is 5.72. The molecular formula is C18H29ClN2O2. The molecule has 2 N–H and O–H groups in total. The van der Waals surface area contributed by atoms with E-state index in [2.05, 4.69) is 12.1 Å². The number of rotatable bonds is 8. The van der Waals surface area contributed by atoms with Crippen LogP contribution < -0.4 is 5.73 Å². The lowest BCUT2D eigenvalue weighted by Crippen LogP contribution is -2.33. The van der Waals surface area contributed by atoms with Gasteiger partial charge in [0.05, 0.1) is 6.10 Å². The standard InChI is InChI=1S/C18H28N2O2.ClH/c19-12-6-13-20(15-16-7-2-1-3-8-16)18(21)11-10-17-9-4-5-14-22-17;/h1-3,7-8,17H,4-6,9-15,19H2;1H. The van der Waals surface area contributed by atoms with Gasteiger partial charge < -0.3 is 15.4 Å². The number of benzene rings is 1. The molecule has 1 aliphatic heterocycles. The SMILES string of the molecule is Cl.NCCCN(Cc1ccccc1)C(=O)CCC1CCCCO1. The first-order valence-corrected chi connectivity index (χ1v) is 8.43. The number of carbonyl (C=O) groups is 1. The van der Waals surface area contributed by atoms with E-state index in [0.717, 1.165) is 38.8 Å². The number of ether oxygens (including phenoxy) is 1. The van der Waals surface area contributed by atoms with E-state index >= 15 is 0 Å². The van der Waals surface area contributed by atoms with Crippen LogP contribution in [0.2, 0.25) is 0 Å². The Morgan fingerprint density at radius 3 is 2.70 bits per heavy atom. The van der Waals surface area contributed by atoms with Crippen LogP contribution in [0.5, 0.6) is 0 Å². The predicted molar refractivity (Wildman–Crippen MR) is 95.6 cm³/mol. The summed E-state index contributed by atoms with van der Waals surface area (Å²) >= 11 is 0. The van der Waals surface area contributed by atoms with Gasteiger partial charge in [0, 0.05) is 26.1 Å². The first kappa shape index (κ1) is 19.9. The lowest BCUT2D eigenvalue weighted by Gasteiger charge is -2.26. The van der Waals surface area contributed by atoms with Crippen molar-refractivity contribution in [1.29, 1.82) is 0 Å². The number of hydrogen-bond donors (Lipinski definition) is 1. The monoisotopic (exact) mass is 340 g/mol. The molecule has 0 aromatic heterocycles. The van der Waals surface area contributed by atoms with Gasteiger partial charge >= 0.3 is 0 Å². The van der Waals surface area contributed by atoms with Gasteiger partial charge in [-0.05, 0) is 44.2 Å². The lowest BCUT2D eigenvalue weighted by atomic mass is 10.0. The summed E-state index contributed by atoms with van der Waals surface area (Å²) in [4.78, 5) is 14.5. The van der Waals surface area contributed by atoms with Crippen molar-refractivity contribution in [3.05, 3.63) is 35.9 Å². The van der Waals surface area contributed by atoms with Crippen LogP contribution in [-0.4, -0.2) is 36.6 Å². The summed E-state index contributed by atoms with van der Waals surface area (Å²) in [5.74, 6) is 0.214. The number of amides is 1. The van der Waals surface area contributed by atoms with E-state index < -0.39 is 0 Å². The minimum absolute atomic E-state index is 0. The molecule has 23 heavy (non-hydrogen) atoms. The number of nitrogens with zero attached hydrogens (tertiary/aromatic N) is 1. The van der Waals surface area contributed by atoms with Crippen molar-refractivity contribution < 1.29 is 9.53 Å². The molecule has 1 unspecified atom stereocenters. The Bertz CT molecular complexity index is 436. The molecule has 0 spiro atoms. The third kappa shape index (κ3) is 7.34. The second-order valence-corrected chi connectivity index (χ2v) is 5.97. The minimum Gasteiger partial charge on any atom is -0.378 e. The lowest BCUT2D eigenvalue weighted by molar-refractivity contribution is -0.132. The average Bonchev–Trinajstić information content (AvgIpc) is 2.58. The highest BCUT2D eigenvalue weighted by Gasteiger charge is 2.18. The third-order valence-electron chi connectivity index (χ3n) is 4.16. The van der Waals surface area contributed by atoms with Gasteiger partial charge in [-0.15, -0.1) is 12.4 Å². The quantitative estimate of drug-likeness (QED) is 0.791. The van der Waals surface area contributed by atoms with E-state index in [1.807, 2.05) is 23.1 Å². The molecule has 5 heteroatoms. The average molecular weight is 341 g/mol. The van der Waals surface area contributed by atoms with Gasteiger partial charge in [-0.2, -0.15) is 0 Å². The van der Waals surface area contributed by atoms with Crippen LogP contribution in [0, 0.1) is 0 Å². The highest BCUT2D eigenvalue weighted by atomic mass is 35.5. The first-order valence-electron chi connectivity index (χ1n) is 8.43. The van der Waals surface area contributed by atoms with Gasteiger partial charge in [-0.3, -0.25) is 4.79 Å². The molecule has 130 valence electrons. The van der Waals surface area contributed by atoms with E-state index in [9.17, 15) is 4.79 Å². The van der Waals surface area contributed by atoms with Crippen molar-refractivity contribution in [2.24, 2.45) is 5.73 Å². The zero-order valence-corrected chi connectivity index (χ0v) is 14.6. The molecule has 0 radical (unpaired) electrons. The zero-order valence-electron chi connectivity index (χ0n) is 13.8. The number of halogens is 1. The summed E-state index contributed by atoms with van der Waals surface area (Å²) in [6, 6.07) is 10.1. The fourth-order valence-corrected chi connectivity index (χ4v) is 2.86. The molecule has 1 heterocycles. The molecule has 0 bridgehead atoms. The van der Waals surface area contributed by atoms with Crippen molar-refractivity contribution in [3.8, 4) is 0 Å². The van der Waals surface area contributed by atoms with Crippen molar-refractivity contribution in [3.63, 3.8) is 0 Å². The van der Waals surface area contributed by atoms with Crippen LogP contribution in [0.15, 0.2) is 30.3 Å². The summed E-state index contributed by atoms with van der Waals surface area (Å²) in [5.41, 5.74) is 6.77. The van der Waals surface area contributed by atoms with Crippen LogP contribution in [0.1, 0.15) is 44.1 Å². The molecule has 1 saturated heterocycles. The largest absolute Gasteiger partial charge is 0.378 e. The van der Waals surface area contributed by atoms with Crippen molar-refractivity contribution in [2.75, 3.05) is 19.7 Å². The highest BCUT2D eigenvalue weighted by Crippen LogP contribution is 2.18. The topological polar surface area (TPSA) is 55.6 Å². The molecule has 2 rings (SSSR count). The van der Waals surface area contributed by atoms with Crippen LogP contribution in [0.25, 0.3) is 0 Å². The molecule has 1 aromatic rings. The minimum atomic E-state index is 0. The van der Waals surface area contributed by atoms with E-state index in [0.29, 0.717) is 19.5 Å². The molecule has 0 aliphatic carbocycles.